The van der Waals surface area contributed by atoms with E-state index in [1.807, 2.05) is 13.8 Å². The maximum atomic E-state index is 8.37. The molecule has 0 aromatic carbocycles. The second-order valence-electron chi connectivity index (χ2n) is 2.43. The summed E-state index contributed by atoms with van der Waals surface area (Å²) in [7, 11) is 0. The zero-order valence-electron chi connectivity index (χ0n) is 6.09. The molecule has 2 unspecified atom stereocenters. The van der Waals surface area contributed by atoms with Crippen molar-refractivity contribution in [3.05, 3.63) is 0 Å². The van der Waals surface area contributed by atoms with E-state index < -0.39 is 0 Å². The molecular formula is C7H14N2. The van der Waals surface area contributed by atoms with Crippen LogP contribution in [0, 0.1) is 17.2 Å². The van der Waals surface area contributed by atoms with Gasteiger partial charge in [-0.25, -0.2) is 0 Å². The average molecular weight is 126 g/mol. The third-order valence-electron chi connectivity index (χ3n) is 1.40. The molecule has 0 fully saturated rings. The molecule has 2 N–H and O–H groups in total. The second-order valence-corrected chi connectivity index (χ2v) is 2.43. The first kappa shape index (κ1) is 8.45. The minimum atomic E-state index is 0.111. The number of hydrogen-bond donors (Lipinski definition) is 1. The molecule has 0 radical (unpaired) electrons. The van der Waals surface area contributed by atoms with Gasteiger partial charge in [0.1, 0.15) is 0 Å². The van der Waals surface area contributed by atoms with Crippen LogP contribution in [0.3, 0.4) is 0 Å². The molecule has 0 aromatic rings. The van der Waals surface area contributed by atoms with Crippen molar-refractivity contribution in [2.75, 3.05) is 0 Å². The SMILES string of the molecule is CCC(N)CC(C)C#N. The highest BCUT2D eigenvalue weighted by molar-refractivity contribution is 4.81. The summed E-state index contributed by atoms with van der Waals surface area (Å²) < 4.78 is 0. The molecule has 9 heavy (non-hydrogen) atoms. The van der Waals surface area contributed by atoms with Gasteiger partial charge in [0.05, 0.1) is 6.07 Å². The van der Waals surface area contributed by atoms with Crippen LogP contribution in [0.4, 0.5) is 0 Å². The Morgan fingerprint density at radius 2 is 2.22 bits per heavy atom. The molecule has 0 amide bonds. The molecule has 2 nitrogen and oxygen atoms in total. The lowest BCUT2D eigenvalue weighted by atomic mass is 10.0. The average Bonchev–Trinajstić information content (AvgIpc) is 1.87. The zero-order chi connectivity index (χ0) is 7.28. The van der Waals surface area contributed by atoms with Crippen LogP contribution in [0.25, 0.3) is 0 Å². The summed E-state index contributed by atoms with van der Waals surface area (Å²) in [6, 6.07) is 2.36. The van der Waals surface area contributed by atoms with Gasteiger partial charge in [-0.05, 0) is 19.8 Å². The fourth-order valence-corrected chi connectivity index (χ4v) is 0.673. The van der Waals surface area contributed by atoms with E-state index in [1.54, 1.807) is 0 Å². The molecule has 0 aliphatic rings. The number of nitrogens with two attached hydrogens (primary N) is 1. The smallest absolute Gasteiger partial charge is 0.0653 e. The maximum absolute atomic E-state index is 8.37. The van der Waals surface area contributed by atoms with E-state index in [2.05, 4.69) is 6.07 Å². The number of nitrogens with zero attached hydrogens (tertiary/aromatic N) is 1. The van der Waals surface area contributed by atoms with Gasteiger partial charge in [-0.1, -0.05) is 6.92 Å². The quantitative estimate of drug-likeness (QED) is 0.619. The Hall–Kier alpha value is -0.550. The van der Waals surface area contributed by atoms with Crippen molar-refractivity contribution in [1.82, 2.24) is 0 Å². The van der Waals surface area contributed by atoms with E-state index in [1.165, 1.54) is 0 Å². The van der Waals surface area contributed by atoms with Crippen LogP contribution >= 0.6 is 0 Å². The van der Waals surface area contributed by atoms with Crippen LogP contribution in [0.15, 0.2) is 0 Å². The van der Waals surface area contributed by atoms with Crippen LogP contribution in [0.5, 0.6) is 0 Å². The van der Waals surface area contributed by atoms with Gasteiger partial charge in [-0.3, -0.25) is 0 Å². The summed E-state index contributed by atoms with van der Waals surface area (Å²) in [5.74, 6) is 0.111. The van der Waals surface area contributed by atoms with Crippen LogP contribution in [-0.2, 0) is 0 Å². The van der Waals surface area contributed by atoms with Crippen molar-refractivity contribution in [3.63, 3.8) is 0 Å². The highest BCUT2D eigenvalue weighted by Crippen LogP contribution is 2.04. The van der Waals surface area contributed by atoms with E-state index >= 15 is 0 Å². The first-order valence-electron chi connectivity index (χ1n) is 3.35. The Bertz CT molecular complexity index is 104. The molecule has 0 spiro atoms. The van der Waals surface area contributed by atoms with Crippen molar-refractivity contribution in [3.8, 4) is 6.07 Å². The van der Waals surface area contributed by atoms with Crippen molar-refractivity contribution < 1.29 is 0 Å². The predicted octanol–water partition coefficient (Wildman–Crippen LogP) is 1.27. The standard InChI is InChI=1S/C7H14N2/c1-3-7(9)4-6(2)5-8/h6-7H,3-4,9H2,1-2H3. The predicted molar refractivity (Wildman–Crippen MR) is 37.7 cm³/mol. The number of rotatable bonds is 3. The minimum absolute atomic E-state index is 0.111. The molecule has 52 valence electrons. The van der Waals surface area contributed by atoms with Gasteiger partial charge in [-0.2, -0.15) is 5.26 Å². The lowest BCUT2D eigenvalue weighted by molar-refractivity contribution is 0.526. The Morgan fingerprint density at radius 3 is 2.56 bits per heavy atom. The largest absolute Gasteiger partial charge is 0.328 e. The van der Waals surface area contributed by atoms with E-state index in [4.69, 9.17) is 11.0 Å². The molecule has 0 heterocycles. The van der Waals surface area contributed by atoms with Crippen LogP contribution in [-0.4, -0.2) is 6.04 Å². The normalized spacial score (nSPS) is 16.2. The summed E-state index contributed by atoms with van der Waals surface area (Å²) >= 11 is 0. The Morgan fingerprint density at radius 1 is 1.67 bits per heavy atom. The number of nitriles is 1. The van der Waals surface area contributed by atoms with Crippen molar-refractivity contribution in [2.45, 2.75) is 32.7 Å². The topological polar surface area (TPSA) is 49.8 Å². The third-order valence-corrected chi connectivity index (χ3v) is 1.40. The molecule has 2 atom stereocenters. The van der Waals surface area contributed by atoms with Gasteiger partial charge in [-0.15, -0.1) is 0 Å². The zero-order valence-corrected chi connectivity index (χ0v) is 6.09. The lowest BCUT2D eigenvalue weighted by Crippen LogP contribution is -2.20. The fraction of sp³-hybridized carbons (Fsp3) is 0.857. The van der Waals surface area contributed by atoms with Crippen LogP contribution in [0.1, 0.15) is 26.7 Å². The van der Waals surface area contributed by atoms with Gasteiger partial charge >= 0.3 is 0 Å². The minimum Gasteiger partial charge on any atom is -0.328 e. The molecule has 0 aliphatic heterocycles. The third kappa shape index (κ3) is 3.99. The van der Waals surface area contributed by atoms with E-state index in [0.29, 0.717) is 0 Å². The van der Waals surface area contributed by atoms with Crippen molar-refractivity contribution in [1.29, 1.82) is 5.26 Å². The molecular weight excluding hydrogens is 112 g/mol. The van der Waals surface area contributed by atoms with Gasteiger partial charge in [0.2, 0.25) is 0 Å². The van der Waals surface area contributed by atoms with Crippen LogP contribution in [0.2, 0.25) is 0 Å². The molecule has 0 saturated heterocycles. The van der Waals surface area contributed by atoms with E-state index in [9.17, 15) is 0 Å². The van der Waals surface area contributed by atoms with Gasteiger partial charge in [0.25, 0.3) is 0 Å². The number of hydrogen-bond acceptors (Lipinski definition) is 2. The highest BCUT2D eigenvalue weighted by Gasteiger charge is 2.04. The van der Waals surface area contributed by atoms with Crippen molar-refractivity contribution >= 4 is 0 Å². The molecule has 0 rings (SSSR count). The molecule has 2 heteroatoms. The second kappa shape index (κ2) is 4.34. The Labute approximate surface area is 56.7 Å². The van der Waals surface area contributed by atoms with E-state index in [0.717, 1.165) is 12.8 Å². The van der Waals surface area contributed by atoms with Crippen LogP contribution < -0.4 is 5.73 Å². The summed E-state index contributed by atoms with van der Waals surface area (Å²) in [5, 5.41) is 8.37. The maximum Gasteiger partial charge on any atom is 0.0653 e. The molecule has 0 aromatic heterocycles. The Balaban J connectivity index is 3.37. The first-order valence-corrected chi connectivity index (χ1v) is 3.35. The lowest BCUT2D eigenvalue weighted by Gasteiger charge is -2.08. The van der Waals surface area contributed by atoms with Gasteiger partial charge in [0, 0.05) is 12.0 Å². The molecule has 0 bridgehead atoms. The first-order chi connectivity index (χ1) is 4.20. The van der Waals surface area contributed by atoms with Gasteiger partial charge < -0.3 is 5.73 Å². The monoisotopic (exact) mass is 126 g/mol. The van der Waals surface area contributed by atoms with E-state index in [-0.39, 0.29) is 12.0 Å². The summed E-state index contributed by atoms with van der Waals surface area (Å²) in [6.07, 6.45) is 1.79. The summed E-state index contributed by atoms with van der Waals surface area (Å²) in [6.45, 7) is 3.93. The molecule has 0 aliphatic carbocycles. The summed E-state index contributed by atoms with van der Waals surface area (Å²) in [4.78, 5) is 0. The Kier molecular flexibility index (Phi) is 4.08. The molecule has 0 saturated carbocycles. The summed E-state index contributed by atoms with van der Waals surface area (Å²) in [5.41, 5.74) is 5.60. The highest BCUT2D eigenvalue weighted by atomic mass is 14.6. The van der Waals surface area contributed by atoms with Crippen molar-refractivity contribution in [2.24, 2.45) is 11.7 Å². The van der Waals surface area contributed by atoms with Gasteiger partial charge in [0.15, 0.2) is 0 Å². The fourth-order valence-electron chi connectivity index (χ4n) is 0.673.